The van der Waals surface area contributed by atoms with Crippen LogP contribution >= 0.6 is 0 Å². The van der Waals surface area contributed by atoms with Gasteiger partial charge in [-0.1, -0.05) is 50.2 Å². The Hall–Kier alpha value is -2.38. The maximum Gasteiger partial charge on any atom is 0.243 e. The first-order valence-electron chi connectivity index (χ1n) is 9.90. The Balaban J connectivity index is 1.76. The molecule has 156 valence electrons. The Bertz CT molecular complexity index is 956. The minimum Gasteiger partial charge on any atom is -0.487 e. The topological polar surface area (TPSA) is 75.7 Å². The third-order valence-corrected chi connectivity index (χ3v) is 7.46. The van der Waals surface area contributed by atoms with Gasteiger partial charge in [0.25, 0.3) is 0 Å². The van der Waals surface area contributed by atoms with Gasteiger partial charge in [-0.3, -0.25) is 4.79 Å². The van der Waals surface area contributed by atoms with Gasteiger partial charge < -0.3 is 10.1 Å². The zero-order valence-corrected chi connectivity index (χ0v) is 17.9. The van der Waals surface area contributed by atoms with E-state index in [2.05, 4.69) is 19.2 Å². The molecule has 29 heavy (non-hydrogen) atoms. The normalized spacial score (nSPS) is 18.0. The predicted octanol–water partition coefficient (Wildman–Crippen LogP) is 3.51. The lowest BCUT2D eigenvalue weighted by atomic mass is 9.83. The lowest BCUT2D eigenvalue weighted by Gasteiger charge is -2.41. The molecule has 7 heteroatoms. The molecule has 1 aliphatic rings. The van der Waals surface area contributed by atoms with Crippen LogP contribution in [0.5, 0.6) is 5.75 Å². The van der Waals surface area contributed by atoms with Gasteiger partial charge in [0, 0.05) is 19.0 Å². The fourth-order valence-corrected chi connectivity index (χ4v) is 4.88. The van der Waals surface area contributed by atoms with Crippen molar-refractivity contribution in [3.8, 4) is 5.75 Å². The fourth-order valence-electron chi connectivity index (χ4n) is 3.73. The van der Waals surface area contributed by atoms with Crippen LogP contribution in [0.15, 0.2) is 59.5 Å². The van der Waals surface area contributed by atoms with Crippen LogP contribution in [0.3, 0.4) is 0 Å². The second-order valence-electron chi connectivity index (χ2n) is 7.43. The molecule has 0 fully saturated rings. The van der Waals surface area contributed by atoms with Gasteiger partial charge in [-0.15, -0.1) is 0 Å². The standard InChI is InChI=1S/C22H28N2O4S/c1-4-22(5-2)15-19(18-13-9-10-14-20(18)28-22)23-21(25)16-24(3)29(26,27)17-11-7-6-8-12-17/h6-14,19H,4-5,15-16H2,1-3H3,(H,23,25)/t19-/m1/s1. The van der Waals surface area contributed by atoms with Gasteiger partial charge in [0.15, 0.2) is 0 Å². The number of sulfonamides is 1. The van der Waals surface area contributed by atoms with Gasteiger partial charge >= 0.3 is 0 Å². The zero-order chi connectivity index (χ0) is 21.1. The molecule has 6 nitrogen and oxygen atoms in total. The lowest BCUT2D eigenvalue weighted by Crippen LogP contribution is -2.46. The Morgan fingerprint density at radius 3 is 2.38 bits per heavy atom. The third-order valence-electron chi connectivity index (χ3n) is 5.64. The maximum atomic E-state index is 12.7. The number of nitrogens with zero attached hydrogens (tertiary/aromatic N) is 1. The molecule has 0 unspecified atom stereocenters. The molecule has 3 rings (SSSR count). The summed E-state index contributed by atoms with van der Waals surface area (Å²) in [6.07, 6.45) is 2.30. The lowest BCUT2D eigenvalue weighted by molar-refractivity contribution is -0.122. The molecule has 0 bridgehead atoms. The van der Waals surface area contributed by atoms with Crippen molar-refractivity contribution < 1.29 is 17.9 Å². The van der Waals surface area contributed by atoms with Crippen molar-refractivity contribution in [2.24, 2.45) is 0 Å². The summed E-state index contributed by atoms with van der Waals surface area (Å²) in [5, 5.41) is 3.03. The van der Waals surface area contributed by atoms with Gasteiger partial charge in [-0.05, 0) is 31.0 Å². The second-order valence-corrected chi connectivity index (χ2v) is 9.47. The predicted molar refractivity (Wildman–Crippen MR) is 112 cm³/mol. The van der Waals surface area contributed by atoms with Crippen LogP contribution < -0.4 is 10.1 Å². The van der Waals surface area contributed by atoms with E-state index in [1.54, 1.807) is 18.2 Å². The van der Waals surface area contributed by atoms with E-state index in [9.17, 15) is 13.2 Å². The summed E-state index contributed by atoms with van der Waals surface area (Å²) in [4.78, 5) is 12.9. The van der Waals surface area contributed by atoms with Crippen LogP contribution in [0.4, 0.5) is 0 Å². The Labute approximate surface area is 172 Å². The number of hydrogen-bond acceptors (Lipinski definition) is 4. The molecule has 1 heterocycles. The van der Waals surface area contributed by atoms with Gasteiger partial charge in [-0.25, -0.2) is 8.42 Å². The quantitative estimate of drug-likeness (QED) is 0.749. The average molecular weight is 417 g/mol. The number of fused-ring (bicyclic) bond motifs is 1. The van der Waals surface area contributed by atoms with Crippen molar-refractivity contribution >= 4 is 15.9 Å². The zero-order valence-electron chi connectivity index (χ0n) is 17.1. The highest BCUT2D eigenvalue weighted by molar-refractivity contribution is 7.89. The first-order chi connectivity index (χ1) is 13.8. The molecule has 0 aliphatic carbocycles. The Morgan fingerprint density at radius 1 is 1.10 bits per heavy atom. The minimum atomic E-state index is -3.72. The second kappa shape index (κ2) is 8.55. The highest BCUT2D eigenvalue weighted by Gasteiger charge is 2.39. The summed E-state index contributed by atoms with van der Waals surface area (Å²) in [7, 11) is -2.30. The van der Waals surface area contributed by atoms with Gasteiger partial charge in [0.1, 0.15) is 11.4 Å². The highest BCUT2D eigenvalue weighted by atomic mass is 32.2. The maximum absolute atomic E-state index is 12.7. The van der Waals surface area contributed by atoms with Crippen LogP contribution in [0.2, 0.25) is 0 Å². The third kappa shape index (κ3) is 4.46. The first kappa shape index (κ1) is 21.3. The summed E-state index contributed by atoms with van der Waals surface area (Å²) in [6, 6.07) is 15.6. The Kier molecular flexibility index (Phi) is 6.29. The number of rotatable bonds is 7. The van der Waals surface area contributed by atoms with Crippen LogP contribution in [0.25, 0.3) is 0 Å². The molecular weight excluding hydrogens is 388 g/mol. The fraction of sp³-hybridized carbons (Fsp3) is 0.409. The van der Waals surface area contributed by atoms with E-state index in [0.717, 1.165) is 28.5 Å². The largest absolute Gasteiger partial charge is 0.487 e. The van der Waals surface area contributed by atoms with E-state index in [1.807, 2.05) is 24.3 Å². The number of amides is 1. The van der Waals surface area contributed by atoms with Gasteiger partial charge in [-0.2, -0.15) is 4.31 Å². The van der Waals surface area contributed by atoms with Crippen molar-refractivity contribution in [1.29, 1.82) is 0 Å². The number of hydrogen-bond donors (Lipinski definition) is 1. The first-order valence-corrected chi connectivity index (χ1v) is 11.3. The van der Waals surface area contributed by atoms with Crippen LogP contribution in [-0.2, 0) is 14.8 Å². The highest BCUT2D eigenvalue weighted by Crippen LogP contribution is 2.42. The number of likely N-dealkylation sites (N-methyl/N-ethyl adjacent to an activating group) is 1. The summed E-state index contributed by atoms with van der Waals surface area (Å²) >= 11 is 0. The minimum absolute atomic E-state index is 0.169. The van der Waals surface area contributed by atoms with Crippen molar-refractivity contribution in [2.45, 2.75) is 49.6 Å². The molecule has 0 saturated heterocycles. The van der Waals surface area contributed by atoms with Crippen molar-refractivity contribution in [3.63, 3.8) is 0 Å². The average Bonchev–Trinajstić information content (AvgIpc) is 2.74. The van der Waals surface area contributed by atoms with E-state index < -0.39 is 10.0 Å². The van der Waals surface area contributed by atoms with Gasteiger partial charge in [0.2, 0.25) is 15.9 Å². The molecule has 1 amide bonds. The molecular formula is C22H28N2O4S. The molecule has 2 aromatic carbocycles. The van der Waals surface area contributed by atoms with Crippen LogP contribution in [0.1, 0.15) is 44.7 Å². The number of nitrogens with one attached hydrogen (secondary N) is 1. The van der Waals surface area contributed by atoms with Crippen LogP contribution in [-0.4, -0.2) is 37.8 Å². The monoisotopic (exact) mass is 416 g/mol. The molecule has 0 saturated carbocycles. The van der Waals surface area contributed by atoms with E-state index in [0.29, 0.717) is 6.42 Å². The van der Waals surface area contributed by atoms with E-state index in [-0.39, 0.29) is 29.0 Å². The van der Waals surface area contributed by atoms with E-state index >= 15 is 0 Å². The number of benzene rings is 2. The summed E-state index contributed by atoms with van der Waals surface area (Å²) in [6.45, 7) is 3.91. The molecule has 1 aliphatic heterocycles. The van der Waals surface area contributed by atoms with Gasteiger partial charge in [0.05, 0.1) is 17.5 Å². The van der Waals surface area contributed by atoms with Crippen molar-refractivity contribution in [3.05, 3.63) is 60.2 Å². The van der Waals surface area contributed by atoms with Crippen molar-refractivity contribution in [1.82, 2.24) is 9.62 Å². The molecule has 2 aromatic rings. The van der Waals surface area contributed by atoms with E-state index in [4.69, 9.17) is 4.74 Å². The van der Waals surface area contributed by atoms with Crippen molar-refractivity contribution in [2.75, 3.05) is 13.6 Å². The van der Waals surface area contributed by atoms with E-state index in [1.165, 1.54) is 19.2 Å². The summed E-state index contributed by atoms with van der Waals surface area (Å²) in [5.41, 5.74) is 0.584. The number of carbonyl (C=O) groups is 1. The smallest absolute Gasteiger partial charge is 0.243 e. The summed E-state index contributed by atoms with van der Waals surface area (Å²) < 4.78 is 32.7. The molecule has 0 aromatic heterocycles. The summed E-state index contributed by atoms with van der Waals surface area (Å²) in [5.74, 6) is 0.438. The number of ether oxygens (including phenoxy) is 1. The molecule has 1 atom stereocenters. The Morgan fingerprint density at radius 2 is 1.72 bits per heavy atom. The molecule has 0 radical (unpaired) electrons. The molecule has 1 N–H and O–H groups in total. The number of carbonyl (C=O) groups excluding carboxylic acids is 1. The SMILES string of the molecule is CCC1(CC)C[C@@H](NC(=O)CN(C)S(=O)(=O)c2ccccc2)c2ccccc2O1. The molecule has 0 spiro atoms. The van der Waals surface area contributed by atoms with Crippen LogP contribution in [0, 0.1) is 0 Å². The number of para-hydroxylation sites is 1.